The molecule has 0 aromatic heterocycles. The second-order valence-corrected chi connectivity index (χ2v) is 6.54. The van der Waals surface area contributed by atoms with Gasteiger partial charge in [0.05, 0.1) is 24.8 Å². The van der Waals surface area contributed by atoms with Crippen LogP contribution < -0.4 is 0 Å². The van der Waals surface area contributed by atoms with E-state index in [0.717, 1.165) is 11.1 Å². The predicted octanol–water partition coefficient (Wildman–Crippen LogP) is 3.31. The number of ether oxygens (including phenoxy) is 2. The number of hydrogen-bond donors (Lipinski definition) is 1. The lowest BCUT2D eigenvalue weighted by Gasteiger charge is -2.37. The Balaban J connectivity index is 1.72. The highest BCUT2D eigenvalue weighted by molar-refractivity contribution is 5.89. The van der Waals surface area contributed by atoms with Gasteiger partial charge in [-0.2, -0.15) is 0 Å². The first kappa shape index (κ1) is 18.9. The molecule has 0 bridgehead atoms. The van der Waals surface area contributed by atoms with Crippen LogP contribution in [0.15, 0.2) is 54.6 Å². The van der Waals surface area contributed by atoms with Crippen molar-refractivity contribution in [1.29, 1.82) is 0 Å². The minimum atomic E-state index is -0.478. The number of carbonyl (C=O) groups excluding carboxylic acids is 2. The van der Waals surface area contributed by atoms with E-state index < -0.39 is 18.2 Å². The summed E-state index contributed by atoms with van der Waals surface area (Å²) in [6.07, 6.45) is 0.0519. The van der Waals surface area contributed by atoms with Crippen LogP contribution in [-0.2, 0) is 16.1 Å². The predicted molar refractivity (Wildman–Crippen MR) is 99.1 cm³/mol. The molecule has 1 N–H and O–H groups in total. The minimum Gasteiger partial charge on any atom is -0.465 e. The van der Waals surface area contributed by atoms with E-state index in [4.69, 9.17) is 9.47 Å². The van der Waals surface area contributed by atoms with E-state index in [1.54, 1.807) is 29.2 Å². The van der Waals surface area contributed by atoms with Crippen molar-refractivity contribution in [2.75, 3.05) is 13.7 Å². The van der Waals surface area contributed by atoms with Crippen molar-refractivity contribution >= 4 is 12.1 Å². The number of methoxy groups -OCH3 is 1. The Labute approximate surface area is 158 Å². The van der Waals surface area contributed by atoms with E-state index in [1.807, 2.05) is 30.3 Å². The quantitative estimate of drug-likeness (QED) is 0.837. The summed E-state index contributed by atoms with van der Waals surface area (Å²) in [6, 6.07) is 16.1. The van der Waals surface area contributed by atoms with Gasteiger partial charge in [0.2, 0.25) is 0 Å². The molecule has 2 atom stereocenters. The first-order chi connectivity index (χ1) is 13.1. The lowest BCUT2D eigenvalue weighted by Crippen LogP contribution is -2.42. The first-order valence-corrected chi connectivity index (χ1v) is 8.92. The third kappa shape index (κ3) is 4.65. The lowest BCUT2D eigenvalue weighted by atomic mass is 9.93. The summed E-state index contributed by atoms with van der Waals surface area (Å²) in [5.74, 6) is -0.413. The van der Waals surface area contributed by atoms with Gasteiger partial charge in [-0.05, 0) is 36.1 Å². The Morgan fingerprint density at radius 2 is 1.81 bits per heavy atom. The maximum Gasteiger partial charge on any atom is 0.410 e. The SMILES string of the molecule is COC(=O)c1ccc([C@H]2C[C@@H](O)CCN2C(=O)OCc2ccccc2)cc1. The maximum absolute atomic E-state index is 12.6. The van der Waals surface area contributed by atoms with Gasteiger partial charge in [0.25, 0.3) is 0 Å². The molecule has 0 saturated carbocycles. The fourth-order valence-electron chi connectivity index (χ4n) is 3.24. The van der Waals surface area contributed by atoms with Crippen molar-refractivity contribution < 1.29 is 24.2 Å². The maximum atomic E-state index is 12.6. The van der Waals surface area contributed by atoms with Crippen molar-refractivity contribution in [3.63, 3.8) is 0 Å². The summed E-state index contributed by atoms with van der Waals surface area (Å²) in [6.45, 7) is 0.616. The molecule has 0 radical (unpaired) electrons. The van der Waals surface area contributed by atoms with Crippen molar-refractivity contribution in [3.05, 3.63) is 71.3 Å². The van der Waals surface area contributed by atoms with Gasteiger partial charge in [-0.1, -0.05) is 42.5 Å². The highest BCUT2D eigenvalue weighted by atomic mass is 16.6. The fraction of sp³-hybridized carbons (Fsp3) is 0.333. The number of rotatable bonds is 4. The number of esters is 1. The standard InChI is InChI=1S/C21H23NO5/c1-26-20(24)17-9-7-16(8-10-17)19-13-18(23)11-12-22(19)21(25)27-14-15-5-3-2-4-6-15/h2-10,18-19,23H,11-14H2,1H3/t18-,19+/m0/s1. The molecule has 1 saturated heterocycles. The van der Waals surface area contributed by atoms with Gasteiger partial charge in [0.15, 0.2) is 0 Å². The molecule has 2 aromatic carbocycles. The van der Waals surface area contributed by atoms with E-state index in [9.17, 15) is 14.7 Å². The number of benzene rings is 2. The molecule has 1 fully saturated rings. The zero-order valence-corrected chi connectivity index (χ0v) is 15.2. The highest BCUT2D eigenvalue weighted by Gasteiger charge is 2.33. The summed E-state index contributed by atoms with van der Waals surface area (Å²) in [5, 5.41) is 10.1. The van der Waals surface area contributed by atoms with Gasteiger partial charge in [-0.3, -0.25) is 0 Å². The van der Waals surface area contributed by atoms with Crippen LogP contribution in [0, 0.1) is 0 Å². The summed E-state index contributed by atoms with van der Waals surface area (Å²) in [5.41, 5.74) is 2.20. The molecule has 0 unspecified atom stereocenters. The van der Waals surface area contributed by atoms with E-state index in [0.29, 0.717) is 24.9 Å². The smallest absolute Gasteiger partial charge is 0.410 e. The summed E-state index contributed by atoms with van der Waals surface area (Å²) in [4.78, 5) is 25.9. The molecule has 0 spiro atoms. The zero-order chi connectivity index (χ0) is 19.2. The second-order valence-electron chi connectivity index (χ2n) is 6.54. The van der Waals surface area contributed by atoms with Crippen LogP contribution in [0.25, 0.3) is 0 Å². The molecule has 142 valence electrons. The van der Waals surface area contributed by atoms with Gasteiger partial charge < -0.3 is 19.5 Å². The molecular formula is C21H23NO5. The largest absolute Gasteiger partial charge is 0.465 e. The second kappa shape index (κ2) is 8.68. The summed E-state index contributed by atoms with van der Waals surface area (Å²) < 4.78 is 10.2. The van der Waals surface area contributed by atoms with Gasteiger partial charge in [-0.15, -0.1) is 0 Å². The molecule has 6 nitrogen and oxygen atoms in total. The Kier molecular flexibility index (Phi) is 6.08. The monoisotopic (exact) mass is 369 g/mol. The normalized spacial score (nSPS) is 19.4. The average molecular weight is 369 g/mol. The number of hydrogen-bond acceptors (Lipinski definition) is 5. The van der Waals surface area contributed by atoms with Crippen LogP contribution in [0.3, 0.4) is 0 Å². The van der Waals surface area contributed by atoms with Gasteiger partial charge >= 0.3 is 12.1 Å². The zero-order valence-electron chi connectivity index (χ0n) is 15.2. The third-order valence-electron chi connectivity index (χ3n) is 4.73. The number of aliphatic hydroxyl groups is 1. The van der Waals surface area contributed by atoms with Crippen LogP contribution in [0.4, 0.5) is 4.79 Å². The van der Waals surface area contributed by atoms with E-state index in [-0.39, 0.29) is 12.6 Å². The Bertz CT molecular complexity index is 775. The van der Waals surface area contributed by atoms with Gasteiger partial charge in [0.1, 0.15) is 6.61 Å². The lowest BCUT2D eigenvalue weighted by molar-refractivity contribution is 0.0259. The van der Waals surface area contributed by atoms with Crippen LogP contribution in [-0.4, -0.2) is 41.8 Å². The third-order valence-corrected chi connectivity index (χ3v) is 4.73. The van der Waals surface area contributed by atoms with E-state index >= 15 is 0 Å². The van der Waals surface area contributed by atoms with Crippen molar-refractivity contribution in [2.45, 2.75) is 31.6 Å². The highest BCUT2D eigenvalue weighted by Crippen LogP contribution is 2.32. The minimum absolute atomic E-state index is 0.201. The van der Waals surface area contributed by atoms with Crippen LogP contribution >= 0.6 is 0 Å². The molecule has 1 aliphatic rings. The molecule has 1 aliphatic heterocycles. The van der Waals surface area contributed by atoms with E-state index in [2.05, 4.69) is 0 Å². The van der Waals surface area contributed by atoms with Gasteiger partial charge in [0, 0.05) is 6.54 Å². The number of likely N-dealkylation sites (tertiary alicyclic amines) is 1. The number of amides is 1. The van der Waals surface area contributed by atoms with Crippen molar-refractivity contribution in [2.24, 2.45) is 0 Å². The molecule has 0 aliphatic carbocycles. The number of nitrogens with zero attached hydrogens (tertiary/aromatic N) is 1. The number of carbonyl (C=O) groups is 2. The Morgan fingerprint density at radius 3 is 2.48 bits per heavy atom. The molecule has 1 amide bonds. The molecule has 6 heteroatoms. The number of piperidine rings is 1. The average Bonchev–Trinajstić information content (AvgIpc) is 2.72. The topological polar surface area (TPSA) is 76.1 Å². The van der Waals surface area contributed by atoms with Crippen LogP contribution in [0.5, 0.6) is 0 Å². The summed E-state index contributed by atoms with van der Waals surface area (Å²) in [7, 11) is 1.33. The van der Waals surface area contributed by atoms with E-state index in [1.165, 1.54) is 7.11 Å². The van der Waals surface area contributed by atoms with Gasteiger partial charge in [-0.25, -0.2) is 9.59 Å². The van der Waals surface area contributed by atoms with Crippen molar-refractivity contribution in [1.82, 2.24) is 4.90 Å². The van der Waals surface area contributed by atoms with Crippen LogP contribution in [0.1, 0.15) is 40.4 Å². The van der Waals surface area contributed by atoms with Crippen LogP contribution in [0.2, 0.25) is 0 Å². The summed E-state index contributed by atoms with van der Waals surface area (Å²) >= 11 is 0. The Hall–Kier alpha value is -2.86. The molecule has 1 heterocycles. The molecule has 3 rings (SSSR count). The first-order valence-electron chi connectivity index (χ1n) is 8.92. The Morgan fingerprint density at radius 1 is 1.11 bits per heavy atom. The fourth-order valence-corrected chi connectivity index (χ4v) is 3.24. The number of aliphatic hydroxyl groups excluding tert-OH is 1. The molecule has 2 aromatic rings. The molecular weight excluding hydrogens is 346 g/mol. The van der Waals surface area contributed by atoms with Crippen molar-refractivity contribution in [3.8, 4) is 0 Å². The molecule has 27 heavy (non-hydrogen) atoms.